The number of anilines is 1. The molecule has 0 aliphatic rings. The van der Waals surface area contributed by atoms with Crippen LogP contribution in [0, 0.1) is 0 Å². The Kier molecular flexibility index (Phi) is 3.68. The van der Waals surface area contributed by atoms with Gasteiger partial charge < -0.3 is 15.2 Å². The van der Waals surface area contributed by atoms with Gasteiger partial charge in [0, 0.05) is 11.6 Å². The van der Waals surface area contributed by atoms with Gasteiger partial charge in [-0.25, -0.2) is 15.0 Å². The highest BCUT2D eigenvalue weighted by Gasteiger charge is 2.15. The summed E-state index contributed by atoms with van der Waals surface area (Å²) in [7, 11) is 3.17. The van der Waals surface area contributed by atoms with Crippen LogP contribution in [0.25, 0.3) is 22.3 Å². The number of benzene rings is 1. The molecular formula is C15H13ClN4O2. The molecule has 0 amide bonds. The lowest BCUT2D eigenvalue weighted by Gasteiger charge is -2.12. The van der Waals surface area contributed by atoms with Crippen LogP contribution < -0.4 is 15.2 Å². The number of rotatable bonds is 3. The number of ether oxygens (including phenoxy) is 2. The molecule has 0 aliphatic carbocycles. The fourth-order valence-electron chi connectivity index (χ4n) is 2.19. The molecule has 1 aromatic carbocycles. The minimum atomic E-state index is 0.157. The van der Waals surface area contributed by atoms with Crippen molar-refractivity contribution in [3.05, 3.63) is 35.5 Å². The fourth-order valence-corrected chi connectivity index (χ4v) is 2.34. The Morgan fingerprint density at radius 3 is 2.55 bits per heavy atom. The molecule has 112 valence electrons. The maximum absolute atomic E-state index is 5.99. The number of pyridine rings is 1. The van der Waals surface area contributed by atoms with Gasteiger partial charge in [0.1, 0.15) is 27.9 Å². The summed E-state index contributed by atoms with van der Waals surface area (Å²) in [5.74, 6) is 1.43. The number of aromatic nitrogens is 3. The van der Waals surface area contributed by atoms with Crippen molar-refractivity contribution >= 4 is 28.6 Å². The summed E-state index contributed by atoms with van der Waals surface area (Å²) in [5, 5.41) is 0.356. The average molecular weight is 317 g/mol. The Hall–Kier alpha value is -2.60. The van der Waals surface area contributed by atoms with Gasteiger partial charge in [0.05, 0.1) is 19.7 Å². The molecule has 0 unspecified atom stereocenters. The maximum Gasteiger partial charge on any atom is 0.221 e. The van der Waals surface area contributed by atoms with Gasteiger partial charge in [-0.1, -0.05) is 11.6 Å². The standard InChI is InChI=1S/C15H13ClN4O2/c1-21-8-3-4-9(11(7-8)22-2)13-14-10(18-15(17)20-13)5-6-12(16)19-14/h3-7H,1-2H3,(H2,17,18,20). The Morgan fingerprint density at radius 2 is 1.82 bits per heavy atom. The van der Waals surface area contributed by atoms with E-state index in [1.54, 1.807) is 32.4 Å². The summed E-state index contributed by atoms with van der Waals surface area (Å²) in [6, 6.07) is 8.82. The van der Waals surface area contributed by atoms with Crippen LogP contribution in [0.4, 0.5) is 5.95 Å². The zero-order valence-corrected chi connectivity index (χ0v) is 12.8. The van der Waals surface area contributed by atoms with Gasteiger partial charge in [-0.2, -0.15) is 0 Å². The molecule has 0 aliphatic heterocycles. The average Bonchev–Trinajstić information content (AvgIpc) is 2.54. The third kappa shape index (κ3) is 2.48. The first kappa shape index (κ1) is 14.3. The van der Waals surface area contributed by atoms with Crippen molar-refractivity contribution in [3.63, 3.8) is 0 Å². The van der Waals surface area contributed by atoms with Gasteiger partial charge in [-0.3, -0.25) is 0 Å². The van der Waals surface area contributed by atoms with Crippen LogP contribution in [0.1, 0.15) is 0 Å². The van der Waals surface area contributed by atoms with Gasteiger partial charge in [0.2, 0.25) is 5.95 Å². The van der Waals surface area contributed by atoms with Crippen LogP contribution in [0.15, 0.2) is 30.3 Å². The number of methoxy groups -OCH3 is 2. The Morgan fingerprint density at radius 1 is 1.00 bits per heavy atom. The number of fused-ring (bicyclic) bond motifs is 1. The van der Waals surface area contributed by atoms with Crippen molar-refractivity contribution in [2.75, 3.05) is 20.0 Å². The van der Waals surface area contributed by atoms with E-state index < -0.39 is 0 Å². The van der Waals surface area contributed by atoms with E-state index in [4.69, 9.17) is 26.8 Å². The molecule has 0 bridgehead atoms. The molecule has 3 rings (SSSR count). The first-order valence-electron chi connectivity index (χ1n) is 6.44. The van der Waals surface area contributed by atoms with Crippen molar-refractivity contribution in [3.8, 4) is 22.8 Å². The summed E-state index contributed by atoms with van der Waals surface area (Å²) in [6.45, 7) is 0. The van der Waals surface area contributed by atoms with Crippen molar-refractivity contribution < 1.29 is 9.47 Å². The topological polar surface area (TPSA) is 83.2 Å². The highest BCUT2D eigenvalue weighted by molar-refractivity contribution is 6.29. The smallest absolute Gasteiger partial charge is 0.221 e. The number of nitrogen functional groups attached to an aromatic ring is 1. The quantitative estimate of drug-likeness (QED) is 0.748. The van der Waals surface area contributed by atoms with Crippen LogP contribution >= 0.6 is 11.6 Å². The Bertz CT molecular complexity index is 854. The SMILES string of the molecule is COc1ccc(-c2nc(N)nc3ccc(Cl)nc23)c(OC)c1. The summed E-state index contributed by atoms with van der Waals surface area (Å²) in [5.41, 5.74) is 8.27. The van der Waals surface area contributed by atoms with E-state index in [9.17, 15) is 0 Å². The molecule has 2 aromatic heterocycles. The van der Waals surface area contributed by atoms with Gasteiger partial charge in [0.25, 0.3) is 0 Å². The van der Waals surface area contributed by atoms with Crippen LogP contribution in [-0.2, 0) is 0 Å². The van der Waals surface area contributed by atoms with Crippen molar-refractivity contribution in [2.45, 2.75) is 0 Å². The molecule has 22 heavy (non-hydrogen) atoms. The van der Waals surface area contributed by atoms with Crippen molar-refractivity contribution in [1.29, 1.82) is 0 Å². The largest absolute Gasteiger partial charge is 0.497 e. The number of hydrogen-bond donors (Lipinski definition) is 1. The second-order valence-electron chi connectivity index (χ2n) is 4.50. The Labute approximate surface area is 131 Å². The van der Waals surface area contributed by atoms with E-state index in [0.29, 0.717) is 33.4 Å². The summed E-state index contributed by atoms with van der Waals surface area (Å²) in [4.78, 5) is 12.8. The van der Waals surface area contributed by atoms with Gasteiger partial charge >= 0.3 is 0 Å². The number of hydrogen-bond acceptors (Lipinski definition) is 6. The van der Waals surface area contributed by atoms with E-state index in [2.05, 4.69) is 15.0 Å². The van der Waals surface area contributed by atoms with Crippen LogP contribution in [-0.4, -0.2) is 29.2 Å². The molecule has 2 heterocycles. The lowest BCUT2D eigenvalue weighted by Crippen LogP contribution is -2.00. The van der Waals surface area contributed by atoms with Crippen LogP contribution in [0.5, 0.6) is 11.5 Å². The highest BCUT2D eigenvalue weighted by Crippen LogP contribution is 2.35. The van der Waals surface area contributed by atoms with Crippen LogP contribution in [0.3, 0.4) is 0 Å². The predicted octanol–water partition coefficient (Wildman–Crippen LogP) is 2.94. The molecule has 0 spiro atoms. The zero-order chi connectivity index (χ0) is 15.7. The third-order valence-electron chi connectivity index (χ3n) is 3.19. The number of nitrogens with zero attached hydrogens (tertiary/aromatic N) is 3. The first-order valence-corrected chi connectivity index (χ1v) is 6.82. The monoisotopic (exact) mass is 316 g/mol. The molecule has 0 saturated carbocycles. The minimum Gasteiger partial charge on any atom is -0.497 e. The molecule has 2 N–H and O–H groups in total. The molecule has 3 aromatic rings. The maximum atomic E-state index is 5.99. The fraction of sp³-hybridized carbons (Fsp3) is 0.133. The second-order valence-corrected chi connectivity index (χ2v) is 4.89. The second kappa shape index (κ2) is 5.65. The molecular weight excluding hydrogens is 304 g/mol. The van der Waals surface area contributed by atoms with Crippen molar-refractivity contribution in [2.24, 2.45) is 0 Å². The van der Waals surface area contributed by atoms with E-state index in [1.807, 2.05) is 12.1 Å². The lowest BCUT2D eigenvalue weighted by atomic mass is 10.1. The van der Waals surface area contributed by atoms with E-state index in [-0.39, 0.29) is 5.95 Å². The minimum absolute atomic E-state index is 0.157. The first-order chi connectivity index (χ1) is 10.6. The van der Waals surface area contributed by atoms with E-state index in [0.717, 1.165) is 5.56 Å². The normalized spacial score (nSPS) is 10.7. The van der Waals surface area contributed by atoms with Gasteiger partial charge in [-0.05, 0) is 24.3 Å². The molecule has 0 fully saturated rings. The van der Waals surface area contributed by atoms with E-state index >= 15 is 0 Å². The molecule has 0 atom stereocenters. The number of halogens is 1. The molecule has 7 heteroatoms. The summed E-state index contributed by atoms with van der Waals surface area (Å²) < 4.78 is 10.6. The van der Waals surface area contributed by atoms with Crippen molar-refractivity contribution in [1.82, 2.24) is 15.0 Å². The lowest BCUT2D eigenvalue weighted by molar-refractivity contribution is 0.395. The van der Waals surface area contributed by atoms with Gasteiger partial charge in [0.15, 0.2) is 0 Å². The Balaban J connectivity index is 2.32. The zero-order valence-electron chi connectivity index (χ0n) is 12.0. The summed E-state index contributed by atoms with van der Waals surface area (Å²) in [6.07, 6.45) is 0. The number of nitrogens with two attached hydrogens (primary N) is 1. The summed E-state index contributed by atoms with van der Waals surface area (Å²) >= 11 is 5.99. The highest BCUT2D eigenvalue weighted by atomic mass is 35.5. The predicted molar refractivity (Wildman–Crippen MR) is 85.3 cm³/mol. The molecule has 0 radical (unpaired) electrons. The molecule has 6 nitrogen and oxygen atoms in total. The molecule has 0 saturated heterocycles. The van der Waals surface area contributed by atoms with Gasteiger partial charge in [-0.15, -0.1) is 0 Å². The van der Waals surface area contributed by atoms with E-state index in [1.165, 1.54) is 0 Å². The van der Waals surface area contributed by atoms with Crippen LogP contribution in [0.2, 0.25) is 5.15 Å². The third-order valence-corrected chi connectivity index (χ3v) is 3.40.